The fourth-order valence-corrected chi connectivity index (χ4v) is 3.61. The van der Waals surface area contributed by atoms with Crippen molar-refractivity contribution in [1.29, 1.82) is 0 Å². The Morgan fingerprint density at radius 1 is 1.24 bits per heavy atom. The molecule has 1 atom stereocenters. The normalized spacial score (nSPS) is 14.2. The standard InChI is InChI=1S/C16H36N4O3S.HI/c1-7-17-15(18-11-14(8-9-21)10-13(2)3)19-12-16(4,5)20-24(6,22)23;/h13-14,20-21H,7-12H2,1-6H3,(H2,17,18,19);1H. The monoisotopic (exact) mass is 492 g/mol. The highest BCUT2D eigenvalue weighted by atomic mass is 127. The summed E-state index contributed by atoms with van der Waals surface area (Å²) in [5.74, 6) is 1.61. The fraction of sp³-hybridized carbons (Fsp3) is 0.938. The van der Waals surface area contributed by atoms with Crippen molar-refractivity contribution in [1.82, 2.24) is 15.4 Å². The molecule has 0 bridgehead atoms. The number of nitrogens with zero attached hydrogens (tertiary/aromatic N) is 1. The van der Waals surface area contributed by atoms with E-state index in [1.54, 1.807) is 13.8 Å². The van der Waals surface area contributed by atoms with Crippen LogP contribution in [0.15, 0.2) is 4.99 Å². The largest absolute Gasteiger partial charge is 0.396 e. The van der Waals surface area contributed by atoms with E-state index in [0.717, 1.165) is 32.2 Å². The van der Waals surface area contributed by atoms with E-state index < -0.39 is 15.6 Å². The zero-order chi connectivity index (χ0) is 18.8. The Kier molecular flexibility index (Phi) is 14.2. The lowest BCUT2D eigenvalue weighted by Gasteiger charge is -2.24. The Labute approximate surface area is 170 Å². The first-order valence-electron chi connectivity index (χ1n) is 8.61. The molecule has 152 valence electrons. The van der Waals surface area contributed by atoms with Gasteiger partial charge in [0.15, 0.2) is 5.96 Å². The van der Waals surface area contributed by atoms with E-state index in [0.29, 0.717) is 24.3 Å². The zero-order valence-corrected chi connectivity index (χ0v) is 19.6. The molecule has 4 N–H and O–H groups in total. The van der Waals surface area contributed by atoms with Crippen LogP contribution in [0.4, 0.5) is 0 Å². The number of sulfonamides is 1. The second kappa shape index (κ2) is 13.1. The van der Waals surface area contributed by atoms with Gasteiger partial charge in [0.2, 0.25) is 10.0 Å². The summed E-state index contributed by atoms with van der Waals surface area (Å²) in [5.41, 5.74) is -0.654. The molecular weight excluding hydrogens is 455 g/mol. The van der Waals surface area contributed by atoms with Gasteiger partial charge in [-0.25, -0.2) is 13.1 Å². The van der Waals surface area contributed by atoms with E-state index in [-0.39, 0.29) is 30.6 Å². The Morgan fingerprint density at radius 3 is 2.28 bits per heavy atom. The molecular formula is C16H37IN4O3S. The van der Waals surface area contributed by atoms with Crippen molar-refractivity contribution >= 4 is 40.0 Å². The van der Waals surface area contributed by atoms with E-state index in [1.807, 2.05) is 6.92 Å². The van der Waals surface area contributed by atoms with E-state index >= 15 is 0 Å². The molecule has 0 spiro atoms. The fourth-order valence-electron chi connectivity index (χ4n) is 2.55. The maximum atomic E-state index is 11.4. The number of rotatable bonds is 11. The molecule has 1 unspecified atom stereocenters. The number of aliphatic hydroxyl groups excluding tert-OH is 1. The van der Waals surface area contributed by atoms with Crippen LogP contribution in [0.3, 0.4) is 0 Å². The third-order valence-electron chi connectivity index (χ3n) is 3.34. The van der Waals surface area contributed by atoms with Gasteiger partial charge in [-0.15, -0.1) is 24.0 Å². The highest BCUT2D eigenvalue weighted by Crippen LogP contribution is 2.14. The molecule has 0 radical (unpaired) electrons. The Bertz CT molecular complexity index is 482. The summed E-state index contributed by atoms with van der Waals surface area (Å²) < 4.78 is 25.4. The smallest absolute Gasteiger partial charge is 0.209 e. The summed E-state index contributed by atoms with van der Waals surface area (Å²) in [6.07, 6.45) is 2.94. The van der Waals surface area contributed by atoms with Gasteiger partial charge >= 0.3 is 0 Å². The molecule has 25 heavy (non-hydrogen) atoms. The van der Waals surface area contributed by atoms with Crippen LogP contribution in [0.1, 0.15) is 47.5 Å². The predicted octanol–water partition coefficient (Wildman–Crippen LogP) is 1.53. The van der Waals surface area contributed by atoms with Gasteiger partial charge in [0.25, 0.3) is 0 Å². The summed E-state index contributed by atoms with van der Waals surface area (Å²) in [4.78, 5) is 4.49. The molecule has 9 heteroatoms. The first-order valence-corrected chi connectivity index (χ1v) is 10.5. The molecule has 0 amide bonds. The first-order chi connectivity index (χ1) is 11.0. The van der Waals surface area contributed by atoms with Crippen molar-refractivity contribution in [2.45, 2.75) is 53.0 Å². The number of hydrogen-bond acceptors (Lipinski definition) is 4. The van der Waals surface area contributed by atoms with Crippen LogP contribution in [0.2, 0.25) is 0 Å². The summed E-state index contributed by atoms with van der Waals surface area (Å²) in [7, 11) is -3.28. The van der Waals surface area contributed by atoms with Gasteiger partial charge in [-0.3, -0.25) is 4.99 Å². The van der Waals surface area contributed by atoms with Crippen molar-refractivity contribution in [3.63, 3.8) is 0 Å². The second-order valence-corrected chi connectivity index (χ2v) is 9.09. The van der Waals surface area contributed by atoms with Crippen molar-refractivity contribution < 1.29 is 13.5 Å². The SMILES string of the molecule is CCNC(=NCC(C)(C)NS(C)(=O)=O)NCC(CCO)CC(C)C.I. The number of guanidine groups is 1. The molecule has 0 saturated carbocycles. The molecule has 0 aromatic heterocycles. The van der Waals surface area contributed by atoms with Crippen LogP contribution in [0.25, 0.3) is 0 Å². The van der Waals surface area contributed by atoms with E-state index in [1.165, 1.54) is 0 Å². The van der Waals surface area contributed by atoms with E-state index in [9.17, 15) is 13.5 Å². The van der Waals surface area contributed by atoms with Gasteiger partial charge in [0.1, 0.15) is 0 Å². The average Bonchev–Trinajstić information content (AvgIpc) is 2.38. The van der Waals surface area contributed by atoms with Crippen molar-refractivity contribution in [3.05, 3.63) is 0 Å². The molecule has 0 fully saturated rings. The topological polar surface area (TPSA) is 103 Å². The minimum Gasteiger partial charge on any atom is -0.396 e. The third kappa shape index (κ3) is 15.8. The van der Waals surface area contributed by atoms with Crippen LogP contribution in [-0.4, -0.2) is 57.5 Å². The molecule has 7 nitrogen and oxygen atoms in total. The van der Waals surface area contributed by atoms with Crippen LogP contribution in [0.5, 0.6) is 0 Å². The summed E-state index contributed by atoms with van der Waals surface area (Å²) >= 11 is 0. The zero-order valence-electron chi connectivity index (χ0n) is 16.4. The van der Waals surface area contributed by atoms with Gasteiger partial charge in [-0.05, 0) is 45.4 Å². The van der Waals surface area contributed by atoms with Crippen molar-refractivity contribution in [3.8, 4) is 0 Å². The van der Waals surface area contributed by atoms with Gasteiger partial charge in [-0.1, -0.05) is 13.8 Å². The van der Waals surface area contributed by atoms with Gasteiger partial charge in [-0.2, -0.15) is 0 Å². The quantitative estimate of drug-likeness (QED) is 0.199. The highest BCUT2D eigenvalue weighted by molar-refractivity contribution is 14.0. The van der Waals surface area contributed by atoms with E-state index in [2.05, 4.69) is 34.2 Å². The molecule has 0 aliphatic rings. The van der Waals surface area contributed by atoms with Crippen LogP contribution >= 0.6 is 24.0 Å². The van der Waals surface area contributed by atoms with Gasteiger partial charge in [0.05, 0.1) is 12.8 Å². The minimum atomic E-state index is -3.28. The minimum absolute atomic E-state index is 0. The number of hydrogen-bond donors (Lipinski definition) is 4. The number of nitrogens with one attached hydrogen (secondary N) is 3. The van der Waals surface area contributed by atoms with Crippen LogP contribution in [-0.2, 0) is 10.0 Å². The maximum Gasteiger partial charge on any atom is 0.209 e. The maximum absolute atomic E-state index is 11.4. The third-order valence-corrected chi connectivity index (χ3v) is 4.26. The lowest BCUT2D eigenvalue weighted by molar-refractivity contribution is 0.243. The van der Waals surface area contributed by atoms with E-state index in [4.69, 9.17) is 0 Å². The second-order valence-electron chi connectivity index (χ2n) is 7.34. The van der Waals surface area contributed by atoms with Crippen LogP contribution in [0, 0.1) is 11.8 Å². The molecule has 0 aromatic carbocycles. The highest BCUT2D eigenvalue weighted by Gasteiger charge is 2.22. The van der Waals surface area contributed by atoms with Crippen LogP contribution < -0.4 is 15.4 Å². The summed E-state index contributed by atoms with van der Waals surface area (Å²) in [6, 6.07) is 0. The van der Waals surface area contributed by atoms with Gasteiger partial charge < -0.3 is 15.7 Å². The molecule has 0 heterocycles. The lowest BCUT2D eigenvalue weighted by Crippen LogP contribution is -2.47. The first kappa shape index (κ1) is 27.1. The molecule has 0 aromatic rings. The lowest BCUT2D eigenvalue weighted by atomic mass is 9.94. The Balaban J connectivity index is 0. The molecule has 0 saturated heterocycles. The summed E-state index contributed by atoms with van der Waals surface area (Å²) in [5, 5.41) is 15.7. The van der Waals surface area contributed by atoms with Crippen molar-refractivity contribution in [2.24, 2.45) is 16.8 Å². The summed E-state index contributed by atoms with van der Waals surface area (Å²) in [6.45, 7) is 11.9. The Hall–Kier alpha value is -0.130. The number of aliphatic imine (C=N–C) groups is 1. The van der Waals surface area contributed by atoms with Gasteiger partial charge in [0, 0.05) is 25.2 Å². The van der Waals surface area contributed by atoms with Crippen molar-refractivity contribution in [2.75, 3.05) is 32.5 Å². The predicted molar refractivity (Wildman–Crippen MR) is 116 cm³/mol. The average molecular weight is 492 g/mol. The number of aliphatic hydroxyl groups is 1. The molecule has 0 aliphatic carbocycles. The number of halogens is 1. The molecule has 0 rings (SSSR count). The Morgan fingerprint density at radius 2 is 1.84 bits per heavy atom. The molecule has 0 aliphatic heterocycles.